The van der Waals surface area contributed by atoms with E-state index in [-0.39, 0.29) is 22.4 Å². The van der Waals surface area contributed by atoms with Crippen LogP contribution in [0.4, 0.5) is 4.79 Å². The number of rotatable bonds is 7. The maximum atomic E-state index is 13.8. The zero-order valence-electron chi connectivity index (χ0n) is 18.6. The lowest BCUT2D eigenvalue weighted by molar-refractivity contribution is -0.131. The van der Waals surface area contributed by atoms with Gasteiger partial charge in [0.1, 0.15) is 6.61 Å². The molecule has 2 amide bonds. The molecule has 2 aliphatic rings. The van der Waals surface area contributed by atoms with E-state index in [2.05, 4.69) is 0 Å². The van der Waals surface area contributed by atoms with E-state index in [1.807, 2.05) is 30.3 Å². The van der Waals surface area contributed by atoms with Crippen LogP contribution in [0.15, 0.2) is 53.4 Å². The Morgan fingerprint density at radius 1 is 1.15 bits per heavy atom. The fraction of sp³-hybridized carbons (Fsp3) is 0.440. The molecule has 1 aliphatic heterocycles. The minimum atomic E-state index is -3.43. The second-order valence-corrected chi connectivity index (χ2v) is 11.4. The molecule has 1 saturated carbocycles. The third-order valence-electron chi connectivity index (χ3n) is 6.63. The number of hydrogen-bond donors (Lipinski definition) is 0. The number of cyclic esters (lactones) is 1. The summed E-state index contributed by atoms with van der Waals surface area (Å²) < 4.78 is 29.2. The Labute approximate surface area is 199 Å². The fourth-order valence-electron chi connectivity index (χ4n) is 4.90. The first-order chi connectivity index (χ1) is 15.7. The molecular weight excluding hydrogens is 462 g/mol. The van der Waals surface area contributed by atoms with Crippen LogP contribution in [0.25, 0.3) is 0 Å². The monoisotopic (exact) mass is 489 g/mol. The van der Waals surface area contributed by atoms with E-state index < -0.39 is 27.9 Å². The second kappa shape index (κ2) is 9.85. The van der Waals surface area contributed by atoms with Gasteiger partial charge in [-0.15, -0.1) is 0 Å². The number of nitrogens with zero attached hydrogens (tertiary/aromatic N) is 1. The normalized spacial score (nSPS) is 20.1. The number of sulfone groups is 1. The van der Waals surface area contributed by atoms with Gasteiger partial charge >= 0.3 is 6.09 Å². The van der Waals surface area contributed by atoms with Gasteiger partial charge in [0.2, 0.25) is 5.91 Å². The predicted octanol–water partition coefficient (Wildman–Crippen LogP) is 5.00. The summed E-state index contributed by atoms with van der Waals surface area (Å²) in [5.41, 5.74) is 1.57. The van der Waals surface area contributed by atoms with Crippen LogP contribution in [0.1, 0.15) is 49.1 Å². The molecule has 0 aromatic heterocycles. The van der Waals surface area contributed by atoms with Gasteiger partial charge in [-0.05, 0) is 42.0 Å². The van der Waals surface area contributed by atoms with Crippen molar-refractivity contribution in [2.75, 3.05) is 12.9 Å². The average molecular weight is 490 g/mol. The van der Waals surface area contributed by atoms with Crippen molar-refractivity contribution in [1.82, 2.24) is 4.90 Å². The van der Waals surface area contributed by atoms with Crippen LogP contribution in [0.3, 0.4) is 0 Å². The predicted molar refractivity (Wildman–Crippen MR) is 126 cm³/mol. The molecule has 6 nitrogen and oxygen atoms in total. The Hall–Kier alpha value is -2.38. The molecule has 176 valence electrons. The number of imide groups is 1. The first-order valence-electron chi connectivity index (χ1n) is 11.3. The minimum absolute atomic E-state index is 0.103. The molecule has 2 aromatic rings. The number of amides is 2. The summed E-state index contributed by atoms with van der Waals surface area (Å²) in [6, 6.07) is 13.8. The van der Waals surface area contributed by atoms with E-state index in [0.717, 1.165) is 37.5 Å². The Kier molecular flexibility index (Phi) is 7.10. The van der Waals surface area contributed by atoms with Gasteiger partial charge in [-0.1, -0.05) is 73.7 Å². The van der Waals surface area contributed by atoms with Gasteiger partial charge in [0.05, 0.1) is 16.9 Å². The number of carbonyl (C=O) groups is 2. The maximum Gasteiger partial charge on any atom is 0.417 e. The van der Waals surface area contributed by atoms with Crippen molar-refractivity contribution in [3.05, 3.63) is 64.7 Å². The van der Waals surface area contributed by atoms with Gasteiger partial charge in [-0.3, -0.25) is 4.79 Å². The van der Waals surface area contributed by atoms with Gasteiger partial charge in [0.25, 0.3) is 0 Å². The molecule has 33 heavy (non-hydrogen) atoms. The molecule has 1 saturated heterocycles. The highest BCUT2D eigenvalue weighted by Crippen LogP contribution is 2.39. The molecule has 1 heterocycles. The molecule has 2 fully saturated rings. The highest BCUT2D eigenvalue weighted by molar-refractivity contribution is 7.90. The number of carbonyl (C=O) groups excluding carboxylic acids is 2. The molecule has 2 aromatic carbocycles. The Morgan fingerprint density at radius 3 is 2.48 bits per heavy atom. The van der Waals surface area contributed by atoms with Crippen molar-refractivity contribution in [3.8, 4) is 0 Å². The van der Waals surface area contributed by atoms with Crippen LogP contribution in [-0.4, -0.2) is 44.2 Å². The van der Waals surface area contributed by atoms with E-state index in [9.17, 15) is 18.0 Å². The van der Waals surface area contributed by atoms with Crippen molar-refractivity contribution in [2.24, 2.45) is 5.92 Å². The van der Waals surface area contributed by atoms with Crippen molar-refractivity contribution in [2.45, 2.75) is 55.4 Å². The smallest absolute Gasteiger partial charge is 0.417 e. The maximum absolute atomic E-state index is 13.8. The highest BCUT2D eigenvalue weighted by Gasteiger charge is 2.42. The van der Waals surface area contributed by atoms with E-state index >= 15 is 0 Å². The molecule has 0 N–H and O–H groups in total. The third kappa shape index (κ3) is 5.41. The van der Waals surface area contributed by atoms with Crippen LogP contribution in [0.5, 0.6) is 0 Å². The quantitative estimate of drug-likeness (QED) is 0.546. The number of halogens is 1. The zero-order valence-corrected chi connectivity index (χ0v) is 20.1. The van der Waals surface area contributed by atoms with Gasteiger partial charge in [-0.25, -0.2) is 18.1 Å². The van der Waals surface area contributed by atoms with Crippen LogP contribution in [0, 0.1) is 5.92 Å². The van der Waals surface area contributed by atoms with Crippen molar-refractivity contribution >= 4 is 33.4 Å². The fourth-order valence-corrected chi connectivity index (χ4v) is 5.92. The SMILES string of the molecule is CS(=O)(=O)c1ccc(C(CC2CCCC2)C(=O)N2C(=O)OCC2Cc2ccccc2)c(Cl)c1. The van der Waals surface area contributed by atoms with E-state index in [4.69, 9.17) is 16.3 Å². The summed E-state index contributed by atoms with van der Waals surface area (Å²) in [4.78, 5) is 27.8. The van der Waals surface area contributed by atoms with Gasteiger partial charge in [-0.2, -0.15) is 0 Å². The molecule has 0 bridgehead atoms. The first-order valence-corrected chi connectivity index (χ1v) is 13.5. The molecule has 0 radical (unpaired) electrons. The molecule has 4 rings (SSSR count). The lowest BCUT2D eigenvalue weighted by atomic mass is 9.86. The van der Waals surface area contributed by atoms with Gasteiger partial charge in [0.15, 0.2) is 9.84 Å². The molecule has 0 spiro atoms. The molecule has 8 heteroatoms. The summed E-state index contributed by atoms with van der Waals surface area (Å²) in [7, 11) is -3.43. The van der Waals surface area contributed by atoms with Crippen LogP contribution in [-0.2, 0) is 25.8 Å². The van der Waals surface area contributed by atoms with E-state index in [0.29, 0.717) is 24.3 Å². The average Bonchev–Trinajstić information content (AvgIpc) is 3.42. The van der Waals surface area contributed by atoms with Gasteiger partial charge in [0, 0.05) is 11.3 Å². The van der Waals surface area contributed by atoms with Crippen LogP contribution < -0.4 is 0 Å². The van der Waals surface area contributed by atoms with Crippen molar-refractivity contribution < 1.29 is 22.7 Å². The van der Waals surface area contributed by atoms with E-state index in [1.54, 1.807) is 6.07 Å². The number of benzene rings is 2. The topological polar surface area (TPSA) is 80.8 Å². The lowest BCUT2D eigenvalue weighted by Gasteiger charge is -2.27. The molecular formula is C25H28ClNO5S. The summed E-state index contributed by atoms with van der Waals surface area (Å²) in [5.74, 6) is -0.617. The summed E-state index contributed by atoms with van der Waals surface area (Å²) >= 11 is 6.52. The first kappa shape index (κ1) is 23.8. The standard InChI is InChI=1S/C25H28ClNO5S/c1-33(30,31)20-11-12-21(23(26)15-20)22(14-18-9-5-6-10-18)24(28)27-19(16-32-25(27)29)13-17-7-3-2-4-8-17/h2-4,7-8,11-12,15,18-19,22H,5-6,9-10,13-14,16H2,1H3. The molecule has 1 aliphatic carbocycles. The van der Waals surface area contributed by atoms with Crippen molar-refractivity contribution in [3.63, 3.8) is 0 Å². The number of ether oxygens (including phenoxy) is 1. The Bertz CT molecular complexity index is 1130. The lowest BCUT2D eigenvalue weighted by Crippen LogP contribution is -2.43. The second-order valence-electron chi connectivity index (χ2n) is 9.02. The zero-order chi connectivity index (χ0) is 23.6. The summed E-state index contributed by atoms with van der Waals surface area (Å²) in [5, 5.41) is 0.224. The molecule has 2 atom stereocenters. The number of hydrogen-bond acceptors (Lipinski definition) is 5. The van der Waals surface area contributed by atoms with E-state index in [1.165, 1.54) is 17.0 Å². The largest absolute Gasteiger partial charge is 0.447 e. The molecule has 2 unspecified atom stereocenters. The Balaban J connectivity index is 1.66. The summed E-state index contributed by atoms with van der Waals surface area (Å²) in [6.07, 6.45) is 5.85. The van der Waals surface area contributed by atoms with Crippen LogP contribution in [0.2, 0.25) is 5.02 Å². The summed E-state index contributed by atoms with van der Waals surface area (Å²) in [6.45, 7) is 0.149. The van der Waals surface area contributed by atoms with Gasteiger partial charge < -0.3 is 4.74 Å². The highest BCUT2D eigenvalue weighted by atomic mass is 35.5. The Morgan fingerprint density at radius 2 is 1.85 bits per heavy atom. The van der Waals surface area contributed by atoms with Crippen molar-refractivity contribution in [1.29, 1.82) is 0 Å². The minimum Gasteiger partial charge on any atom is -0.447 e. The van der Waals surface area contributed by atoms with Crippen LogP contribution >= 0.6 is 11.6 Å². The third-order valence-corrected chi connectivity index (χ3v) is 8.07.